The van der Waals surface area contributed by atoms with Gasteiger partial charge in [0.2, 0.25) is 0 Å². The number of nitrogens with zero attached hydrogens (tertiary/aromatic N) is 7. The molecule has 4 heterocycles. The van der Waals surface area contributed by atoms with Gasteiger partial charge < -0.3 is 9.88 Å². The van der Waals surface area contributed by atoms with Gasteiger partial charge in [-0.25, -0.2) is 4.98 Å². The van der Waals surface area contributed by atoms with Crippen LogP contribution in [0.1, 0.15) is 78.1 Å². The zero-order valence-corrected chi connectivity index (χ0v) is 27.0. The van der Waals surface area contributed by atoms with Crippen molar-refractivity contribution in [2.45, 2.75) is 70.8 Å². The van der Waals surface area contributed by atoms with E-state index in [-0.39, 0.29) is 29.5 Å². The smallest absolute Gasteiger partial charge is 0.367 e. The number of pyridine rings is 1. The summed E-state index contributed by atoms with van der Waals surface area (Å²) < 4.78 is 45.4. The summed E-state index contributed by atoms with van der Waals surface area (Å²) in [6.45, 7) is 3.91. The summed E-state index contributed by atoms with van der Waals surface area (Å²) in [6, 6.07) is 14.1. The number of amides is 1. The van der Waals surface area contributed by atoms with Crippen LogP contribution in [0.3, 0.4) is 0 Å². The number of hydrogen-bond donors (Lipinski definition) is 1. The van der Waals surface area contributed by atoms with E-state index in [1.807, 2.05) is 19.2 Å². The van der Waals surface area contributed by atoms with E-state index in [0.717, 1.165) is 57.2 Å². The van der Waals surface area contributed by atoms with Crippen LogP contribution < -0.4 is 10.2 Å². The standard InChI is InChI=1S/C36H37F3N8O/c1-22-6-5-11-46(18-22)19-24-13-29-30(31(14-24)36(37,38)39)20-47(35(29)48)33-16-25(15-32(43-33)42-26-7-3-4-8-26)27-10-9-23(17-40)12-28(27)34-44-41-21-45(34)2/h9-10,12-16,21-22,26H,3-8,11,18-20H2,1-2H3,(H,42,43)/t22-/m1/s1. The molecule has 248 valence electrons. The second-order valence-electron chi connectivity index (χ2n) is 13.4. The molecular weight excluding hydrogens is 617 g/mol. The van der Waals surface area contributed by atoms with E-state index < -0.39 is 17.6 Å². The Morgan fingerprint density at radius 2 is 1.83 bits per heavy atom. The molecule has 1 aliphatic carbocycles. The summed E-state index contributed by atoms with van der Waals surface area (Å²) in [5, 5.41) is 21.5. The van der Waals surface area contributed by atoms with Crippen LogP contribution in [-0.2, 0) is 26.3 Å². The quantitative estimate of drug-likeness (QED) is 0.225. The van der Waals surface area contributed by atoms with E-state index in [1.54, 1.807) is 35.2 Å². The number of anilines is 2. The topological polar surface area (TPSA) is 103 Å². The number of hydrogen-bond acceptors (Lipinski definition) is 7. The summed E-state index contributed by atoms with van der Waals surface area (Å²) in [5.41, 5.74) is 2.26. The lowest BCUT2D eigenvalue weighted by molar-refractivity contribution is -0.138. The lowest BCUT2D eigenvalue weighted by Gasteiger charge is -2.31. The Labute approximate surface area is 277 Å². The van der Waals surface area contributed by atoms with Gasteiger partial charge in [0, 0.05) is 37.3 Å². The highest BCUT2D eigenvalue weighted by molar-refractivity contribution is 6.10. The molecule has 1 atom stereocenters. The van der Waals surface area contributed by atoms with Crippen LogP contribution in [-0.4, -0.2) is 49.7 Å². The molecule has 1 saturated carbocycles. The summed E-state index contributed by atoms with van der Waals surface area (Å²) >= 11 is 0. The highest BCUT2D eigenvalue weighted by Crippen LogP contribution is 2.41. The molecule has 0 radical (unpaired) electrons. The maximum atomic E-state index is 14.6. The fraction of sp³-hybridized carbons (Fsp3) is 0.417. The number of carbonyl (C=O) groups excluding carboxylic acids is 1. The monoisotopic (exact) mass is 654 g/mol. The van der Waals surface area contributed by atoms with Gasteiger partial charge >= 0.3 is 6.18 Å². The van der Waals surface area contributed by atoms with E-state index in [2.05, 4.69) is 33.4 Å². The number of aromatic nitrogens is 4. The van der Waals surface area contributed by atoms with Gasteiger partial charge in [-0.2, -0.15) is 18.4 Å². The molecule has 0 bridgehead atoms. The molecule has 1 N–H and O–H groups in total. The van der Waals surface area contributed by atoms with Crippen LogP contribution in [0.25, 0.3) is 22.5 Å². The molecule has 2 aliphatic heterocycles. The molecule has 0 spiro atoms. The van der Waals surface area contributed by atoms with E-state index in [4.69, 9.17) is 4.98 Å². The number of piperidine rings is 1. The molecule has 1 amide bonds. The Kier molecular flexibility index (Phi) is 8.41. The minimum Gasteiger partial charge on any atom is -0.367 e. The lowest BCUT2D eigenvalue weighted by Crippen LogP contribution is -2.33. The number of rotatable bonds is 7. The molecule has 7 rings (SSSR count). The number of likely N-dealkylation sites (tertiary alicyclic amines) is 1. The number of nitriles is 1. The van der Waals surface area contributed by atoms with E-state index in [0.29, 0.717) is 46.4 Å². The maximum Gasteiger partial charge on any atom is 0.416 e. The Morgan fingerprint density at radius 3 is 2.54 bits per heavy atom. The Morgan fingerprint density at radius 1 is 1.02 bits per heavy atom. The number of carbonyl (C=O) groups is 1. The van der Waals surface area contributed by atoms with Crippen LogP contribution in [0, 0.1) is 17.2 Å². The fourth-order valence-electron chi connectivity index (χ4n) is 7.43. The molecule has 2 aromatic heterocycles. The van der Waals surface area contributed by atoms with Crippen molar-refractivity contribution in [3.05, 3.63) is 76.6 Å². The normalized spacial score (nSPS) is 18.7. The summed E-state index contributed by atoms with van der Waals surface area (Å²) in [4.78, 5) is 22.4. The Hall–Kier alpha value is -4.76. The van der Waals surface area contributed by atoms with Crippen molar-refractivity contribution in [3.8, 4) is 28.6 Å². The first-order valence-electron chi connectivity index (χ1n) is 16.5. The Balaban J connectivity index is 1.31. The minimum atomic E-state index is -4.62. The van der Waals surface area contributed by atoms with Crippen molar-refractivity contribution >= 4 is 17.5 Å². The highest BCUT2D eigenvalue weighted by atomic mass is 19.4. The third-order valence-corrected chi connectivity index (χ3v) is 9.76. The van der Waals surface area contributed by atoms with Crippen LogP contribution in [0.15, 0.2) is 48.8 Å². The summed E-state index contributed by atoms with van der Waals surface area (Å²) in [5.74, 6) is 1.29. The number of alkyl halides is 3. The number of aryl methyl sites for hydroxylation is 1. The third-order valence-electron chi connectivity index (χ3n) is 9.76. The van der Waals surface area contributed by atoms with E-state index in [1.165, 1.54) is 11.0 Å². The van der Waals surface area contributed by atoms with Crippen LogP contribution >= 0.6 is 0 Å². The van der Waals surface area contributed by atoms with Crippen LogP contribution in [0.4, 0.5) is 24.8 Å². The molecule has 0 unspecified atom stereocenters. The second kappa shape index (κ2) is 12.7. The molecule has 4 aromatic rings. The molecule has 12 heteroatoms. The van der Waals surface area contributed by atoms with Gasteiger partial charge in [-0.05, 0) is 96.8 Å². The van der Waals surface area contributed by atoms with E-state index >= 15 is 0 Å². The van der Waals surface area contributed by atoms with Crippen molar-refractivity contribution in [3.63, 3.8) is 0 Å². The summed E-state index contributed by atoms with van der Waals surface area (Å²) in [7, 11) is 1.81. The second-order valence-corrected chi connectivity index (χ2v) is 13.4. The molecule has 3 aliphatic rings. The SMILES string of the molecule is C[C@@H]1CCCN(Cc2cc3c(c(C(F)(F)F)c2)CN(c2cc(-c4ccc(C#N)cc4-c4nncn4C)cc(NC4CCCC4)n2)C3=O)C1. The van der Waals surface area contributed by atoms with Gasteiger partial charge in [-0.1, -0.05) is 25.8 Å². The first-order valence-corrected chi connectivity index (χ1v) is 16.5. The van der Waals surface area contributed by atoms with E-state index in [9.17, 15) is 23.2 Å². The number of nitrogens with one attached hydrogen (secondary N) is 1. The Bertz CT molecular complexity index is 1910. The first-order chi connectivity index (χ1) is 23.1. The van der Waals surface area contributed by atoms with Gasteiger partial charge in [-0.3, -0.25) is 14.6 Å². The molecular formula is C36H37F3N8O. The minimum absolute atomic E-state index is 0.0288. The number of benzene rings is 2. The average Bonchev–Trinajstić information content (AvgIpc) is 3.81. The third kappa shape index (κ3) is 6.27. The predicted molar refractivity (Wildman–Crippen MR) is 176 cm³/mol. The van der Waals surface area contributed by atoms with Crippen LogP contribution in [0.5, 0.6) is 0 Å². The number of halogens is 3. The number of fused-ring (bicyclic) bond motifs is 1. The van der Waals surface area contributed by atoms with Gasteiger partial charge in [0.15, 0.2) is 5.82 Å². The average molecular weight is 655 g/mol. The maximum absolute atomic E-state index is 14.6. The van der Waals surface area contributed by atoms with Gasteiger partial charge in [0.25, 0.3) is 5.91 Å². The zero-order chi connectivity index (χ0) is 33.6. The molecule has 1 saturated heterocycles. The molecule has 2 fully saturated rings. The fourth-order valence-corrected chi connectivity index (χ4v) is 7.43. The first kappa shape index (κ1) is 31.8. The van der Waals surface area contributed by atoms with Gasteiger partial charge in [-0.15, -0.1) is 10.2 Å². The zero-order valence-electron chi connectivity index (χ0n) is 27.0. The van der Waals surface area contributed by atoms with Crippen molar-refractivity contribution in [2.24, 2.45) is 13.0 Å². The molecule has 9 nitrogen and oxygen atoms in total. The molecule has 2 aromatic carbocycles. The van der Waals surface area contributed by atoms with Gasteiger partial charge in [0.05, 0.1) is 23.7 Å². The predicted octanol–water partition coefficient (Wildman–Crippen LogP) is 7.18. The lowest BCUT2D eigenvalue weighted by atomic mass is 9.96. The van der Waals surface area contributed by atoms with Crippen molar-refractivity contribution < 1.29 is 18.0 Å². The van der Waals surface area contributed by atoms with Crippen molar-refractivity contribution in [1.82, 2.24) is 24.6 Å². The van der Waals surface area contributed by atoms with Crippen LogP contribution in [0.2, 0.25) is 0 Å². The highest BCUT2D eigenvalue weighted by Gasteiger charge is 2.41. The summed E-state index contributed by atoms with van der Waals surface area (Å²) in [6.07, 6.45) is 3.19. The van der Waals surface area contributed by atoms with Crippen molar-refractivity contribution in [1.29, 1.82) is 5.26 Å². The van der Waals surface area contributed by atoms with Gasteiger partial charge in [0.1, 0.15) is 18.0 Å². The van der Waals surface area contributed by atoms with Crippen molar-refractivity contribution in [2.75, 3.05) is 23.3 Å². The largest absolute Gasteiger partial charge is 0.416 e. The molecule has 48 heavy (non-hydrogen) atoms.